The first-order valence-electron chi connectivity index (χ1n) is 38.3. The minimum absolute atomic E-state index is 0.105. The highest BCUT2D eigenvalue weighted by Gasteiger charge is 2.30. The largest absolute Gasteiger partial charge is 0.472 e. The third-order valence-corrected chi connectivity index (χ3v) is 20.1. The molecule has 0 rings (SSSR count). The number of hydrogen-bond acceptors (Lipinski definition) is 15. The highest BCUT2D eigenvalue weighted by atomic mass is 31.2. The number of aliphatic hydroxyl groups is 1. The molecular formula is C74H144O17P2. The van der Waals surface area contributed by atoms with Crippen molar-refractivity contribution >= 4 is 39.5 Å². The van der Waals surface area contributed by atoms with Gasteiger partial charge < -0.3 is 33.8 Å². The monoisotopic (exact) mass is 1370 g/mol. The number of ether oxygens (including phenoxy) is 4. The van der Waals surface area contributed by atoms with Crippen molar-refractivity contribution in [3.05, 3.63) is 0 Å². The molecule has 0 amide bonds. The fourth-order valence-corrected chi connectivity index (χ4v) is 12.7. The van der Waals surface area contributed by atoms with Crippen molar-refractivity contribution in [2.75, 3.05) is 39.6 Å². The SMILES string of the molecule is CCC(C)CCCCCCCCCCCCC(=O)OC[C@H](COP(=O)(O)OCC(O)COP(=O)(O)OC[C@@H](COC(=O)CCCCCCCCCCC(C)C)OC(=O)CCCCCCCCCCCCC(C)CC)OC(=O)CCCCCCCCCCCCC(C)CC. The minimum Gasteiger partial charge on any atom is -0.462 e. The summed E-state index contributed by atoms with van der Waals surface area (Å²) in [5.74, 6) is 1.02. The van der Waals surface area contributed by atoms with E-state index in [9.17, 15) is 43.2 Å². The molecule has 0 aromatic carbocycles. The van der Waals surface area contributed by atoms with Gasteiger partial charge in [-0.1, -0.05) is 319 Å². The molecule has 0 saturated heterocycles. The maximum absolute atomic E-state index is 13.1. The number of aliphatic hydroxyl groups excluding tert-OH is 1. The van der Waals surface area contributed by atoms with E-state index < -0.39 is 97.5 Å². The van der Waals surface area contributed by atoms with Crippen LogP contribution >= 0.6 is 15.6 Å². The van der Waals surface area contributed by atoms with Gasteiger partial charge in [-0.2, -0.15) is 0 Å². The van der Waals surface area contributed by atoms with Gasteiger partial charge in [0.25, 0.3) is 0 Å². The van der Waals surface area contributed by atoms with Crippen LogP contribution in [0.25, 0.3) is 0 Å². The molecule has 0 heterocycles. The molecular weight excluding hydrogens is 1220 g/mol. The maximum atomic E-state index is 13.1. The number of carbonyl (C=O) groups excluding carboxylic acids is 4. The molecule has 552 valence electrons. The summed E-state index contributed by atoms with van der Waals surface area (Å²) >= 11 is 0. The Labute approximate surface area is 568 Å². The van der Waals surface area contributed by atoms with Crippen LogP contribution in [0.3, 0.4) is 0 Å². The van der Waals surface area contributed by atoms with Gasteiger partial charge in [-0.15, -0.1) is 0 Å². The Balaban J connectivity index is 5.29. The predicted octanol–water partition coefficient (Wildman–Crippen LogP) is 21.3. The molecule has 93 heavy (non-hydrogen) atoms. The molecule has 0 aliphatic rings. The quantitative estimate of drug-likeness (QED) is 0.0222. The van der Waals surface area contributed by atoms with Gasteiger partial charge in [0.15, 0.2) is 12.2 Å². The van der Waals surface area contributed by atoms with Crippen LogP contribution < -0.4 is 0 Å². The van der Waals surface area contributed by atoms with Crippen LogP contribution in [-0.4, -0.2) is 96.7 Å². The van der Waals surface area contributed by atoms with E-state index in [2.05, 4.69) is 55.4 Å². The van der Waals surface area contributed by atoms with Crippen molar-refractivity contribution in [3.8, 4) is 0 Å². The molecule has 19 heteroatoms. The number of unbranched alkanes of at least 4 members (excludes halogenated alkanes) is 34. The van der Waals surface area contributed by atoms with Gasteiger partial charge in [-0.25, -0.2) is 9.13 Å². The van der Waals surface area contributed by atoms with Crippen molar-refractivity contribution in [2.45, 2.75) is 388 Å². The van der Waals surface area contributed by atoms with Gasteiger partial charge in [0.05, 0.1) is 26.4 Å². The van der Waals surface area contributed by atoms with Crippen LogP contribution in [0.1, 0.15) is 370 Å². The fraction of sp³-hybridized carbons (Fsp3) is 0.946. The smallest absolute Gasteiger partial charge is 0.462 e. The number of carbonyl (C=O) groups is 4. The predicted molar refractivity (Wildman–Crippen MR) is 377 cm³/mol. The second-order valence-electron chi connectivity index (χ2n) is 27.9. The molecule has 3 N–H and O–H groups in total. The van der Waals surface area contributed by atoms with E-state index in [4.69, 9.17) is 37.0 Å². The lowest BCUT2D eigenvalue weighted by molar-refractivity contribution is -0.161. The van der Waals surface area contributed by atoms with Crippen LogP contribution in [0.5, 0.6) is 0 Å². The molecule has 8 atom stereocenters. The number of phosphoric ester groups is 2. The lowest BCUT2D eigenvalue weighted by Crippen LogP contribution is -2.30. The van der Waals surface area contributed by atoms with Gasteiger partial charge in [0.2, 0.25) is 0 Å². The highest BCUT2D eigenvalue weighted by molar-refractivity contribution is 7.47. The summed E-state index contributed by atoms with van der Waals surface area (Å²) in [5.41, 5.74) is 0. The molecule has 6 unspecified atom stereocenters. The van der Waals surface area contributed by atoms with Crippen LogP contribution in [0.15, 0.2) is 0 Å². The zero-order valence-electron chi connectivity index (χ0n) is 60.9. The van der Waals surface area contributed by atoms with E-state index in [1.807, 2.05) is 0 Å². The average Bonchev–Trinajstić information content (AvgIpc) is 2.53. The second kappa shape index (κ2) is 63.5. The molecule has 0 aromatic heterocycles. The number of phosphoric acid groups is 2. The maximum Gasteiger partial charge on any atom is 0.472 e. The third kappa shape index (κ3) is 64.5. The molecule has 0 radical (unpaired) electrons. The van der Waals surface area contributed by atoms with Crippen molar-refractivity contribution in [3.63, 3.8) is 0 Å². The summed E-state index contributed by atoms with van der Waals surface area (Å²) in [6.45, 7) is 14.2. The van der Waals surface area contributed by atoms with Crippen molar-refractivity contribution in [1.29, 1.82) is 0 Å². The Hall–Kier alpha value is -1.94. The van der Waals surface area contributed by atoms with Crippen LogP contribution in [-0.2, 0) is 65.4 Å². The van der Waals surface area contributed by atoms with Crippen LogP contribution in [0.4, 0.5) is 0 Å². The average molecular weight is 1370 g/mol. The minimum atomic E-state index is -4.96. The van der Waals surface area contributed by atoms with E-state index in [0.717, 1.165) is 114 Å². The molecule has 17 nitrogen and oxygen atoms in total. The summed E-state index contributed by atoms with van der Waals surface area (Å²) in [4.78, 5) is 72.8. The molecule has 0 spiro atoms. The Morgan fingerprint density at radius 1 is 0.301 bits per heavy atom. The Morgan fingerprint density at radius 2 is 0.516 bits per heavy atom. The van der Waals surface area contributed by atoms with Gasteiger partial charge in [0.1, 0.15) is 19.3 Å². The molecule has 0 fully saturated rings. The summed E-state index contributed by atoms with van der Waals surface area (Å²) < 4.78 is 68.5. The van der Waals surface area contributed by atoms with Gasteiger partial charge >= 0.3 is 39.5 Å². The Bertz CT molecular complexity index is 1840. The molecule has 0 bridgehead atoms. The highest BCUT2D eigenvalue weighted by Crippen LogP contribution is 2.45. The lowest BCUT2D eigenvalue weighted by atomic mass is 9.99. The van der Waals surface area contributed by atoms with Gasteiger partial charge in [-0.05, 0) is 49.4 Å². The summed E-state index contributed by atoms with van der Waals surface area (Å²) in [5, 5.41) is 10.6. The third-order valence-electron chi connectivity index (χ3n) is 18.2. The first-order valence-corrected chi connectivity index (χ1v) is 41.3. The number of esters is 4. The Kier molecular flexibility index (Phi) is 62.2. The summed E-state index contributed by atoms with van der Waals surface area (Å²) in [7, 11) is -9.91. The van der Waals surface area contributed by atoms with E-state index >= 15 is 0 Å². The van der Waals surface area contributed by atoms with E-state index in [1.54, 1.807) is 0 Å². The van der Waals surface area contributed by atoms with E-state index in [1.165, 1.54) is 173 Å². The van der Waals surface area contributed by atoms with Gasteiger partial charge in [-0.3, -0.25) is 37.3 Å². The first kappa shape index (κ1) is 91.1. The van der Waals surface area contributed by atoms with Gasteiger partial charge in [0, 0.05) is 25.7 Å². The normalized spacial score (nSPS) is 15.1. The number of hydrogen-bond donors (Lipinski definition) is 3. The second-order valence-corrected chi connectivity index (χ2v) is 30.8. The van der Waals surface area contributed by atoms with E-state index in [-0.39, 0.29) is 25.7 Å². The number of rotatable bonds is 71. The van der Waals surface area contributed by atoms with Crippen molar-refractivity contribution in [2.24, 2.45) is 23.7 Å². The van der Waals surface area contributed by atoms with Crippen LogP contribution in [0, 0.1) is 23.7 Å². The molecule has 0 saturated carbocycles. The first-order chi connectivity index (χ1) is 44.7. The molecule has 0 aliphatic heterocycles. The summed E-state index contributed by atoms with van der Waals surface area (Å²) in [6.07, 6.45) is 46.9. The molecule has 0 aliphatic carbocycles. The van der Waals surface area contributed by atoms with Crippen LogP contribution in [0.2, 0.25) is 0 Å². The van der Waals surface area contributed by atoms with E-state index in [0.29, 0.717) is 25.7 Å². The standard InChI is InChI=1S/C74H144O17P2/c1-9-65(6)51-43-35-27-18-12-15-21-30-38-46-54-71(76)84-60-69(90-73(78)56-48-40-32-22-16-13-19-28-36-44-52-66(7)10-2)62-88-92(80,81)86-58-68(75)59-87-93(82,83)89-63-70(61-85-72(77)55-47-39-31-25-24-26-34-42-50-64(4)5)91-74(79)57-49-41-33-23-17-14-20-29-37-45-53-67(8)11-3/h64-70,75H,9-63H2,1-8H3,(H,80,81)(H,82,83)/t65?,66?,67?,68?,69-,70-/m1/s1. The lowest BCUT2D eigenvalue weighted by Gasteiger charge is -2.21. The zero-order valence-corrected chi connectivity index (χ0v) is 62.7. The topological polar surface area (TPSA) is 237 Å². The fourth-order valence-electron chi connectivity index (χ4n) is 11.1. The molecule has 0 aromatic rings. The zero-order chi connectivity index (χ0) is 68.9. The summed E-state index contributed by atoms with van der Waals surface area (Å²) in [6, 6.07) is 0. The Morgan fingerprint density at radius 3 is 0.763 bits per heavy atom. The van der Waals surface area contributed by atoms with Crippen molar-refractivity contribution in [1.82, 2.24) is 0 Å². The van der Waals surface area contributed by atoms with Crippen molar-refractivity contribution < 1.29 is 80.2 Å².